The first-order valence-electron chi connectivity index (χ1n) is 5.06. The first kappa shape index (κ1) is 12.0. The lowest BCUT2D eigenvalue weighted by Crippen LogP contribution is -2.12. The molecule has 1 saturated heterocycles. The molecule has 0 saturated carbocycles. The van der Waals surface area contributed by atoms with Crippen LogP contribution in [-0.4, -0.2) is 26.1 Å². The fourth-order valence-corrected chi connectivity index (χ4v) is 1.96. The van der Waals surface area contributed by atoms with Crippen LogP contribution in [-0.2, 0) is 9.47 Å². The van der Waals surface area contributed by atoms with Gasteiger partial charge < -0.3 is 14.2 Å². The largest absolute Gasteiger partial charge is 0.493 e. The molecule has 0 spiro atoms. The van der Waals surface area contributed by atoms with Crippen molar-refractivity contribution in [3.8, 4) is 5.75 Å². The Bertz CT molecular complexity index is 331. The van der Waals surface area contributed by atoms with Crippen molar-refractivity contribution in [3.63, 3.8) is 0 Å². The van der Waals surface area contributed by atoms with Gasteiger partial charge in [0, 0.05) is 16.5 Å². The van der Waals surface area contributed by atoms with Gasteiger partial charge in [-0.1, -0.05) is 23.2 Å². The summed E-state index contributed by atoms with van der Waals surface area (Å²) < 4.78 is 16.1. The lowest BCUT2D eigenvalue weighted by Gasteiger charge is -2.10. The summed E-state index contributed by atoms with van der Waals surface area (Å²) >= 11 is 11.7. The Morgan fingerprint density at radius 2 is 1.75 bits per heavy atom. The van der Waals surface area contributed by atoms with E-state index in [-0.39, 0.29) is 6.29 Å². The molecule has 5 heteroatoms. The van der Waals surface area contributed by atoms with Crippen molar-refractivity contribution < 1.29 is 14.2 Å². The second kappa shape index (κ2) is 5.73. The fourth-order valence-electron chi connectivity index (χ4n) is 1.46. The smallest absolute Gasteiger partial charge is 0.161 e. The van der Waals surface area contributed by atoms with Crippen LogP contribution in [0.25, 0.3) is 0 Å². The van der Waals surface area contributed by atoms with E-state index < -0.39 is 0 Å². The van der Waals surface area contributed by atoms with Crippen molar-refractivity contribution in [1.82, 2.24) is 0 Å². The summed E-state index contributed by atoms with van der Waals surface area (Å²) in [6.07, 6.45) is 0.555. The third kappa shape index (κ3) is 3.52. The van der Waals surface area contributed by atoms with E-state index in [2.05, 4.69) is 0 Å². The molecule has 2 rings (SSSR count). The zero-order valence-corrected chi connectivity index (χ0v) is 10.1. The molecule has 1 aromatic rings. The first-order valence-corrected chi connectivity index (χ1v) is 5.82. The van der Waals surface area contributed by atoms with Gasteiger partial charge in [-0.15, -0.1) is 0 Å². The van der Waals surface area contributed by atoms with Gasteiger partial charge in [-0.05, 0) is 18.2 Å². The highest BCUT2D eigenvalue weighted by atomic mass is 35.5. The van der Waals surface area contributed by atoms with Crippen LogP contribution in [0.5, 0.6) is 5.75 Å². The van der Waals surface area contributed by atoms with Gasteiger partial charge in [0.05, 0.1) is 19.8 Å². The lowest BCUT2D eigenvalue weighted by molar-refractivity contribution is -0.0531. The summed E-state index contributed by atoms with van der Waals surface area (Å²) in [4.78, 5) is 0. The van der Waals surface area contributed by atoms with E-state index in [0.29, 0.717) is 42.0 Å². The second-order valence-corrected chi connectivity index (χ2v) is 4.29. The highest BCUT2D eigenvalue weighted by Crippen LogP contribution is 2.24. The molecule has 16 heavy (non-hydrogen) atoms. The van der Waals surface area contributed by atoms with Crippen LogP contribution in [0.4, 0.5) is 0 Å². The molecule has 1 aliphatic heterocycles. The van der Waals surface area contributed by atoms with Crippen molar-refractivity contribution in [1.29, 1.82) is 0 Å². The van der Waals surface area contributed by atoms with Gasteiger partial charge in [-0.25, -0.2) is 0 Å². The molecule has 3 nitrogen and oxygen atoms in total. The van der Waals surface area contributed by atoms with Gasteiger partial charge in [0.15, 0.2) is 6.29 Å². The highest BCUT2D eigenvalue weighted by molar-refractivity contribution is 6.34. The van der Waals surface area contributed by atoms with Gasteiger partial charge in [-0.3, -0.25) is 0 Å². The van der Waals surface area contributed by atoms with Gasteiger partial charge in [0.25, 0.3) is 0 Å². The Morgan fingerprint density at radius 1 is 1.12 bits per heavy atom. The number of benzene rings is 1. The SMILES string of the molecule is Clc1cc(Cl)cc(OCCC2OCCO2)c1. The van der Waals surface area contributed by atoms with E-state index in [0.717, 1.165) is 0 Å². The van der Waals surface area contributed by atoms with Crippen LogP contribution in [0.3, 0.4) is 0 Å². The summed E-state index contributed by atoms with van der Waals surface area (Å²) in [5.74, 6) is 0.662. The van der Waals surface area contributed by atoms with Gasteiger partial charge in [0.1, 0.15) is 5.75 Å². The fraction of sp³-hybridized carbons (Fsp3) is 0.455. The van der Waals surface area contributed by atoms with E-state index in [4.69, 9.17) is 37.4 Å². The minimum Gasteiger partial charge on any atom is -0.493 e. The van der Waals surface area contributed by atoms with Crippen molar-refractivity contribution >= 4 is 23.2 Å². The van der Waals surface area contributed by atoms with Crippen LogP contribution in [0, 0.1) is 0 Å². The van der Waals surface area contributed by atoms with Gasteiger partial charge in [0.2, 0.25) is 0 Å². The molecule has 1 aliphatic rings. The lowest BCUT2D eigenvalue weighted by atomic mass is 10.3. The Labute approximate surface area is 104 Å². The number of ether oxygens (including phenoxy) is 3. The molecule has 0 N–H and O–H groups in total. The zero-order valence-electron chi connectivity index (χ0n) is 8.62. The average Bonchev–Trinajstić information content (AvgIpc) is 2.69. The van der Waals surface area contributed by atoms with E-state index in [1.165, 1.54) is 0 Å². The summed E-state index contributed by atoms with van der Waals surface area (Å²) in [5, 5.41) is 1.13. The summed E-state index contributed by atoms with van der Waals surface area (Å²) in [6.45, 7) is 1.84. The van der Waals surface area contributed by atoms with E-state index in [1.807, 2.05) is 0 Å². The third-order valence-corrected chi connectivity index (χ3v) is 2.59. The maximum absolute atomic E-state index is 5.84. The zero-order chi connectivity index (χ0) is 11.4. The molecular formula is C11H12Cl2O3. The molecule has 0 aliphatic carbocycles. The Morgan fingerprint density at radius 3 is 2.38 bits per heavy atom. The summed E-state index contributed by atoms with van der Waals surface area (Å²) in [5.41, 5.74) is 0. The first-order chi connectivity index (χ1) is 7.74. The predicted octanol–water partition coefficient (Wildman–Crippen LogP) is 3.14. The highest BCUT2D eigenvalue weighted by Gasteiger charge is 2.15. The maximum Gasteiger partial charge on any atom is 0.161 e. The minimum atomic E-state index is -0.144. The van der Waals surface area contributed by atoms with Crippen LogP contribution >= 0.6 is 23.2 Å². The molecule has 0 bridgehead atoms. The Hall–Kier alpha value is -0.480. The van der Waals surface area contributed by atoms with Crippen molar-refractivity contribution in [2.75, 3.05) is 19.8 Å². The molecule has 88 valence electrons. The number of halogens is 2. The molecule has 1 aromatic carbocycles. The van der Waals surface area contributed by atoms with Crippen molar-refractivity contribution in [2.24, 2.45) is 0 Å². The predicted molar refractivity (Wildman–Crippen MR) is 62.3 cm³/mol. The topological polar surface area (TPSA) is 27.7 Å². The third-order valence-electron chi connectivity index (χ3n) is 2.15. The van der Waals surface area contributed by atoms with Crippen LogP contribution in [0.2, 0.25) is 10.0 Å². The molecule has 0 radical (unpaired) electrons. The van der Waals surface area contributed by atoms with Crippen LogP contribution in [0.1, 0.15) is 6.42 Å². The Kier molecular flexibility index (Phi) is 4.29. The van der Waals surface area contributed by atoms with Crippen molar-refractivity contribution in [3.05, 3.63) is 28.2 Å². The second-order valence-electron chi connectivity index (χ2n) is 3.41. The number of hydrogen-bond acceptors (Lipinski definition) is 3. The molecule has 1 fully saturated rings. The van der Waals surface area contributed by atoms with Crippen LogP contribution < -0.4 is 4.74 Å². The van der Waals surface area contributed by atoms with Crippen molar-refractivity contribution in [2.45, 2.75) is 12.7 Å². The number of rotatable bonds is 4. The molecule has 0 aromatic heterocycles. The molecule has 0 unspecified atom stereocenters. The van der Waals surface area contributed by atoms with E-state index in [9.17, 15) is 0 Å². The summed E-state index contributed by atoms with van der Waals surface area (Å²) in [6, 6.07) is 5.12. The van der Waals surface area contributed by atoms with E-state index in [1.54, 1.807) is 18.2 Å². The molecule has 1 heterocycles. The van der Waals surface area contributed by atoms with E-state index >= 15 is 0 Å². The normalized spacial score (nSPS) is 16.6. The minimum absolute atomic E-state index is 0.144. The number of hydrogen-bond donors (Lipinski definition) is 0. The average molecular weight is 263 g/mol. The summed E-state index contributed by atoms with van der Waals surface area (Å²) in [7, 11) is 0. The maximum atomic E-state index is 5.84. The molecule has 0 amide bonds. The monoisotopic (exact) mass is 262 g/mol. The van der Waals surface area contributed by atoms with Gasteiger partial charge >= 0.3 is 0 Å². The van der Waals surface area contributed by atoms with Gasteiger partial charge in [-0.2, -0.15) is 0 Å². The quantitative estimate of drug-likeness (QED) is 0.835. The standard InChI is InChI=1S/C11H12Cl2O3/c12-8-5-9(13)7-10(6-8)14-2-1-11-15-3-4-16-11/h5-7,11H,1-4H2. The Balaban J connectivity index is 1.80. The van der Waals surface area contributed by atoms with Crippen LogP contribution in [0.15, 0.2) is 18.2 Å². The molecular weight excluding hydrogens is 251 g/mol. The molecule has 0 atom stereocenters.